The van der Waals surface area contributed by atoms with Crippen molar-refractivity contribution in [2.45, 2.75) is 51.2 Å². The van der Waals surface area contributed by atoms with Crippen LogP contribution in [0.15, 0.2) is 41.3 Å². The van der Waals surface area contributed by atoms with Crippen molar-refractivity contribution in [1.82, 2.24) is 9.62 Å². The second-order valence-electron chi connectivity index (χ2n) is 8.15. The Balaban J connectivity index is 2.54. The lowest BCUT2D eigenvalue weighted by Crippen LogP contribution is -2.49. The largest absolute Gasteiger partial charge is 0.496 e. The van der Waals surface area contributed by atoms with E-state index in [4.69, 9.17) is 20.6 Å². The third-order valence-corrected chi connectivity index (χ3v) is 7.70. The number of nitrogens with one attached hydrogen (secondary N) is 2. The van der Waals surface area contributed by atoms with Gasteiger partial charge >= 0.3 is 12.1 Å². The number of benzene rings is 2. The van der Waals surface area contributed by atoms with E-state index in [9.17, 15) is 23.1 Å². The highest BCUT2D eigenvalue weighted by Gasteiger charge is 2.42. The quantitative estimate of drug-likeness (QED) is 0.197. The average Bonchev–Trinajstić information content (AvgIpc) is 2.81. The van der Waals surface area contributed by atoms with Crippen LogP contribution in [0.25, 0.3) is 0 Å². The first kappa shape index (κ1) is 28.4. The molecular weight excluding hydrogens is 488 g/mol. The van der Waals surface area contributed by atoms with Gasteiger partial charge in [-0.3, -0.25) is 5.41 Å². The molecule has 11 nitrogen and oxygen atoms in total. The molecule has 196 valence electrons. The zero-order chi connectivity index (χ0) is 27.0. The van der Waals surface area contributed by atoms with Gasteiger partial charge in [0.15, 0.2) is 5.96 Å². The lowest BCUT2D eigenvalue weighted by Gasteiger charge is -2.29. The fraction of sp³-hybridized carbons (Fsp3) is 0.375. The molecular formula is C24H32N4O7S. The molecule has 1 unspecified atom stereocenters. The van der Waals surface area contributed by atoms with Gasteiger partial charge in [-0.25, -0.2) is 18.0 Å². The number of carboxylic acids is 1. The van der Waals surface area contributed by atoms with Crippen molar-refractivity contribution in [2.24, 2.45) is 5.73 Å². The summed E-state index contributed by atoms with van der Waals surface area (Å²) in [6, 6.07) is 8.38. The normalized spacial score (nSPS) is 11.9. The van der Waals surface area contributed by atoms with Crippen molar-refractivity contribution in [3.8, 4) is 5.75 Å². The van der Waals surface area contributed by atoms with Gasteiger partial charge < -0.3 is 25.6 Å². The van der Waals surface area contributed by atoms with Crippen LogP contribution in [0.5, 0.6) is 5.75 Å². The summed E-state index contributed by atoms with van der Waals surface area (Å²) in [5.74, 6) is -1.36. The Bertz CT molecular complexity index is 1220. The summed E-state index contributed by atoms with van der Waals surface area (Å²) in [5.41, 5.74) is 7.02. The number of aliphatic carboxylic acids is 1. The molecule has 2 aromatic rings. The predicted octanol–water partition coefficient (Wildman–Crippen LogP) is 2.66. The number of carboxylic acid groups (broad SMARTS) is 1. The first-order chi connectivity index (χ1) is 16.9. The molecule has 0 saturated heterocycles. The molecule has 36 heavy (non-hydrogen) atoms. The predicted molar refractivity (Wildman–Crippen MR) is 133 cm³/mol. The van der Waals surface area contributed by atoms with Crippen molar-refractivity contribution in [3.63, 3.8) is 0 Å². The van der Waals surface area contributed by atoms with Crippen LogP contribution in [0.4, 0.5) is 4.79 Å². The maximum atomic E-state index is 13.9. The summed E-state index contributed by atoms with van der Waals surface area (Å²) in [7, 11) is -3.22. The molecule has 0 radical (unpaired) electrons. The molecule has 0 saturated carbocycles. The monoisotopic (exact) mass is 520 g/mol. The molecule has 0 spiro atoms. The Hall–Kier alpha value is -3.80. The molecule has 0 aromatic heterocycles. The summed E-state index contributed by atoms with van der Waals surface area (Å²) < 4.78 is 38.7. The molecule has 2 rings (SSSR count). The molecule has 12 heteroatoms. The van der Waals surface area contributed by atoms with Crippen molar-refractivity contribution < 1.29 is 32.6 Å². The maximum absolute atomic E-state index is 13.9. The summed E-state index contributed by atoms with van der Waals surface area (Å²) in [5, 5.41) is 19.7. The number of guanidine groups is 1. The average molecular weight is 521 g/mol. The second-order valence-corrected chi connectivity index (χ2v) is 9.90. The van der Waals surface area contributed by atoms with E-state index < -0.39 is 28.1 Å². The van der Waals surface area contributed by atoms with E-state index in [0.717, 1.165) is 0 Å². The van der Waals surface area contributed by atoms with Gasteiger partial charge in [0, 0.05) is 6.54 Å². The number of carbonyl (C=O) groups is 2. The summed E-state index contributed by atoms with van der Waals surface area (Å²) in [4.78, 5) is 25.3. The van der Waals surface area contributed by atoms with Gasteiger partial charge in [0.05, 0.1) is 12.0 Å². The van der Waals surface area contributed by atoms with E-state index in [1.54, 1.807) is 51.1 Å². The smallest absolute Gasteiger partial charge is 0.425 e. The van der Waals surface area contributed by atoms with Gasteiger partial charge in [0.2, 0.25) is 0 Å². The Morgan fingerprint density at radius 1 is 1.17 bits per heavy atom. The molecule has 0 heterocycles. The number of hydrogen-bond acceptors (Lipinski definition) is 7. The molecule has 1 atom stereocenters. The molecule has 0 aliphatic rings. The summed E-state index contributed by atoms with van der Waals surface area (Å²) in [6.45, 7) is 4.65. The molecule has 0 bridgehead atoms. The number of nitrogens with zero attached hydrogens (tertiary/aromatic N) is 1. The highest BCUT2D eigenvalue weighted by atomic mass is 32.2. The lowest BCUT2D eigenvalue weighted by atomic mass is 10.1. The fourth-order valence-electron chi connectivity index (χ4n) is 3.76. The number of carbonyl (C=O) groups excluding carboxylic acids is 1. The minimum atomic E-state index is -4.68. The van der Waals surface area contributed by atoms with Crippen LogP contribution in [0.2, 0.25) is 0 Å². The number of sulfonamides is 1. The van der Waals surface area contributed by atoms with Crippen LogP contribution in [0.3, 0.4) is 0 Å². The number of hydrogen-bond donors (Lipinski definition) is 4. The number of nitrogens with two attached hydrogens (primary N) is 1. The summed E-state index contributed by atoms with van der Waals surface area (Å²) >= 11 is 0. The Morgan fingerprint density at radius 2 is 1.81 bits per heavy atom. The highest BCUT2D eigenvalue weighted by molar-refractivity contribution is 7.89. The van der Waals surface area contributed by atoms with E-state index in [0.29, 0.717) is 26.7 Å². The Kier molecular flexibility index (Phi) is 9.68. The van der Waals surface area contributed by atoms with Crippen LogP contribution in [0.1, 0.15) is 35.1 Å². The third kappa shape index (κ3) is 6.66. The number of amides is 1. The number of aryl methyl sites for hydroxylation is 1. The molecule has 1 amide bonds. The van der Waals surface area contributed by atoms with Gasteiger partial charge in [-0.2, -0.15) is 4.31 Å². The first-order valence-electron chi connectivity index (χ1n) is 11.1. The van der Waals surface area contributed by atoms with Crippen molar-refractivity contribution in [1.29, 1.82) is 5.41 Å². The van der Waals surface area contributed by atoms with Gasteiger partial charge in [-0.05, 0) is 61.9 Å². The SMILES string of the molecule is COc1cc(C)c(S(=O)(=O)N(C(=O)OCc2ccccc2)C(CCCNC(=N)N)C(=O)O)c(C)c1C. The van der Waals surface area contributed by atoms with E-state index in [1.807, 2.05) is 0 Å². The van der Waals surface area contributed by atoms with Gasteiger partial charge in [0.25, 0.3) is 10.0 Å². The van der Waals surface area contributed by atoms with Crippen LogP contribution < -0.4 is 15.8 Å². The molecule has 0 fully saturated rings. The molecule has 0 aliphatic heterocycles. The number of ether oxygens (including phenoxy) is 2. The van der Waals surface area contributed by atoms with Gasteiger partial charge in [-0.1, -0.05) is 30.3 Å². The standard InChI is InChI=1S/C24H32N4O7S/c1-15-13-20(34-4)16(2)17(3)21(15)36(32,33)28(19(22(29)30)11-8-12-27-23(25)26)24(31)35-14-18-9-6-5-7-10-18/h5-7,9-10,13,19H,8,11-12,14H2,1-4H3,(H,29,30)(H4,25,26,27). The molecule has 0 aliphatic carbocycles. The minimum Gasteiger partial charge on any atom is -0.496 e. The summed E-state index contributed by atoms with van der Waals surface area (Å²) in [6.07, 6.45) is -1.42. The van der Waals surface area contributed by atoms with Crippen LogP contribution in [-0.2, 0) is 26.2 Å². The lowest BCUT2D eigenvalue weighted by molar-refractivity contribution is -0.141. The van der Waals surface area contributed by atoms with E-state index in [2.05, 4.69) is 5.32 Å². The third-order valence-electron chi connectivity index (χ3n) is 5.64. The zero-order valence-corrected chi connectivity index (χ0v) is 21.5. The van der Waals surface area contributed by atoms with Gasteiger partial charge in [-0.15, -0.1) is 0 Å². The Morgan fingerprint density at radius 3 is 2.36 bits per heavy atom. The van der Waals surface area contributed by atoms with Crippen molar-refractivity contribution in [2.75, 3.05) is 13.7 Å². The highest BCUT2D eigenvalue weighted by Crippen LogP contribution is 2.34. The number of methoxy groups -OCH3 is 1. The second kappa shape index (κ2) is 12.2. The minimum absolute atomic E-state index is 0.117. The van der Waals surface area contributed by atoms with E-state index in [-0.39, 0.29) is 42.4 Å². The van der Waals surface area contributed by atoms with Crippen molar-refractivity contribution >= 4 is 28.0 Å². The van der Waals surface area contributed by atoms with Crippen molar-refractivity contribution in [3.05, 3.63) is 58.7 Å². The van der Waals surface area contributed by atoms with E-state index in [1.165, 1.54) is 13.2 Å². The van der Waals surface area contributed by atoms with Gasteiger partial charge in [0.1, 0.15) is 18.4 Å². The van der Waals surface area contributed by atoms with Crippen LogP contribution >= 0.6 is 0 Å². The maximum Gasteiger partial charge on any atom is 0.425 e. The Labute approximate surface area is 210 Å². The van der Waals surface area contributed by atoms with Crippen LogP contribution in [0, 0.1) is 26.2 Å². The molecule has 2 aromatic carbocycles. The van der Waals surface area contributed by atoms with E-state index >= 15 is 0 Å². The fourth-order valence-corrected chi connectivity index (χ4v) is 5.75. The zero-order valence-electron chi connectivity index (χ0n) is 20.7. The van der Waals surface area contributed by atoms with Crippen LogP contribution in [-0.4, -0.2) is 55.5 Å². The topological polar surface area (TPSA) is 172 Å². The molecule has 5 N–H and O–H groups in total. The first-order valence-corrected chi connectivity index (χ1v) is 12.6. The number of rotatable bonds is 11.